The van der Waals surface area contributed by atoms with E-state index in [1.54, 1.807) is 0 Å². The van der Waals surface area contributed by atoms with E-state index in [9.17, 15) is 0 Å². The number of fused-ring (bicyclic) bond motifs is 5. The van der Waals surface area contributed by atoms with Crippen molar-refractivity contribution >= 4 is 21.5 Å². The molecular weight excluding hydrogens is 761 g/mol. The van der Waals surface area contributed by atoms with Gasteiger partial charge in [-0.25, -0.2) is 9.97 Å². The van der Waals surface area contributed by atoms with Gasteiger partial charge in [0.25, 0.3) is 0 Å². The lowest BCUT2D eigenvalue weighted by Gasteiger charge is -2.34. The molecule has 0 amide bonds. The van der Waals surface area contributed by atoms with Gasteiger partial charge in [-0.15, -0.1) is 0 Å². The average Bonchev–Trinajstić information content (AvgIpc) is 3.65. The molecule has 10 aromatic carbocycles. The van der Waals surface area contributed by atoms with Gasteiger partial charge in [-0.05, 0) is 114 Å². The van der Waals surface area contributed by atoms with Gasteiger partial charge in [0.05, 0.1) is 16.8 Å². The van der Waals surface area contributed by atoms with Crippen molar-refractivity contribution in [1.29, 1.82) is 0 Å². The Labute approximate surface area is 367 Å². The zero-order valence-electron chi connectivity index (χ0n) is 34.5. The van der Waals surface area contributed by atoms with Crippen LogP contribution in [0.2, 0.25) is 0 Å². The van der Waals surface area contributed by atoms with Crippen LogP contribution in [0.3, 0.4) is 0 Å². The summed E-state index contributed by atoms with van der Waals surface area (Å²) in [6.45, 7) is 0. The van der Waals surface area contributed by atoms with Gasteiger partial charge < -0.3 is 0 Å². The molecule has 0 saturated carbocycles. The molecule has 1 aliphatic carbocycles. The van der Waals surface area contributed by atoms with Crippen LogP contribution < -0.4 is 0 Å². The predicted molar refractivity (Wildman–Crippen MR) is 262 cm³/mol. The SMILES string of the molecule is c1ccc(-c2cccc(-c3cc(-c4ccccc4)nc(-c4ccc(-c5ccc6c(c5)C(c5ccccc5)(c5ccccc5)c5cc7ccccc7cc5-6)c5ccccc45)n3)c2)cc1. The van der Waals surface area contributed by atoms with Gasteiger partial charge in [0, 0.05) is 16.7 Å². The Morgan fingerprint density at radius 2 is 0.762 bits per heavy atom. The lowest BCUT2D eigenvalue weighted by atomic mass is 9.67. The predicted octanol–water partition coefficient (Wildman–Crippen LogP) is 15.5. The number of hydrogen-bond donors (Lipinski definition) is 0. The van der Waals surface area contributed by atoms with E-state index in [1.807, 2.05) is 6.07 Å². The molecule has 1 aromatic heterocycles. The maximum absolute atomic E-state index is 5.36. The topological polar surface area (TPSA) is 25.8 Å². The van der Waals surface area contributed by atoms with Gasteiger partial charge in [-0.1, -0.05) is 206 Å². The van der Waals surface area contributed by atoms with Gasteiger partial charge in [-0.3, -0.25) is 0 Å². The molecule has 2 nitrogen and oxygen atoms in total. The first-order valence-electron chi connectivity index (χ1n) is 21.6. The van der Waals surface area contributed by atoms with Crippen molar-refractivity contribution in [3.05, 3.63) is 265 Å². The van der Waals surface area contributed by atoms with Crippen molar-refractivity contribution in [3.8, 4) is 67.3 Å². The van der Waals surface area contributed by atoms with Crippen LogP contribution >= 0.6 is 0 Å². The zero-order chi connectivity index (χ0) is 41.7. The maximum atomic E-state index is 5.36. The average molecular weight is 801 g/mol. The van der Waals surface area contributed by atoms with E-state index in [2.05, 4.69) is 237 Å². The third kappa shape index (κ3) is 6.10. The molecule has 0 unspecified atom stereocenters. The molecule has 1 heterocycles. The number of aromatic nitrogens is 2. The summed E-state index contributed by atoms with van der Waals surface area (Å²) in [7, 11) is 0. The van der Waals surface area contributed by atoms with Crippen LogP contribution in [0.15, 0.2) is 243 Å². The molecule has 0 saturated heterocycles. The normalized spacial score (nSPS) is 12.6. The minimum absolute atomic E-state index is 0.525. The Morgan fingerprint density at radius 1 is 0.270 bits per heavy atom. The van der Waals surface area contributed by atoms with Crippen LogP contribution in [-0.2, 0) is 5.41 Å². The largest absolute Gasteiger partial charge is 0.228 e. The van der Waals surface area contributed by atoms with Crippen LogP contribution in [0.5, 0.6) is 0 Å². The second-order valence-corrected chi connectivity index (χ2v) is 16.5. The van der Waals surface area contributed by atoms with Crippen LogP contribution in [0.4, 0.5) is 0 Å². The molecule has 0 bridgehead atoms. The Kier molecular flexibility index (Phi) is 8.76. The number of nitrogens with zero attached hydrogens (tertiary/aromatic N) is 2. The molecule has 0 spiro atoms. The summed E-state index contributed by atoms with van der Waals surface area (Å²) in [5, 5.41) is 4.75. The number of benzene rings is 10. The van der Waals surface area contributed by atoms with E-state index in [0.29, 0.717) is 5.82 Å². The summed E-state index contributed by atoms with van der Waals surface area (Å²) < 4.78 is 0. The first-order valence-corrected chi connectivity index (χ1v) is 21.6. The molecule has 0 aliphatic heterocycles. The highest BCUT2D eigenvalue weighted by Gasteiger charge is 2.46. The van der Waals surface area contributed by atoms with Crippen LogP contribution in [0.1, 0.15) is 22.3 Å². The van der Waals surface area contributed by atoms with E-state index in [-0.39, 0.29) is 0 Å². The van der Waals surface area contributed by atoms with Gasteiger partial charge in [0.1, 0.15) is 0 Å². The molecule has 11 aromatic rings. The molecule has 0 atom stereocenters. The minimum atomic E-state index is -0.525. The monoisotopic (exact) mass is 800 g/mol. The van der Waals surface area contributed by atoms with E-state index >= 15 is 0 Å². The van der Waals surface area contributed by atoms with Crippen molar-refractivity contribution < 1.29 is 0 Å². The van der Waals surface area contributed by atoms with E-state index in [0.717, 1.165) is 44.4 Å². The first-order chi connectivity index (χ1) is 31.2. The fraction of sp³-hybridized carbons (Fsp3) is 0.0164. The minimum Gasteiger partial charge on any atom is -0.228 e. The van der Waals surface area contributed by atoms with Crippen molar-refractivity contribution in [2.75, 3.05) is 0 Å². The molecule has 12 rings (SSSR count). The van der Waals surface area contributed by atoms with Gasteiger partial charge in [0.2, 0.25) is 0 Å². The van der Waals surface area contributed by atoms with Crippen LogP contribution in [-0.4, -0.2) is 9.97 Å². The molecule has 0 fully saturated rings. The van der Waals surface area contributed by atoms with Crippen LogP contribution in [0, 0.1) is 0 Å². The highest BCUT2D eigenvalue weighted by molar-refractivity contribution is 6.05. The Morgan fingerprint density at radius 3 is 1.44 bits per heavy atom. The highest BCUT2D eigenvalue weighted by atomic mass is 14.9. The second kappa shape index (κ2) is 15.1. The summed E-state index contributed by atoms with van der Waals surface area (Å²) in [6, 6.07) is 87.8. The molecule has 0 N–H and O–H groups in total. The van der Waals surface area contributed by atoms with Gasteiger partial charge >= 0.3 is 0 Å². The van der Waals surface area contributed by atoms with E-state index in [4.69, 9.17) is 9.97 Å². The molecule has 63 heavy (non-hydrogen) atoms. The fourth-order valence-electron chi connectivity index (χ4n) is 10.0. The summed E-state index contributed by atoms with van der Waals surface area (Å²) in [6.07, 6.45) is 0. The lowest BCUT2D eigenvalue weighted by molar-refractivity contribution is 0.770. The molecular formula is C61H40N2. The summed E-state index contributed by atoms with van der Waals surface area (Å²) in [4.78, 5) is 10.7. The molecule has 1 aliphatic rings. The first kappa shape index (κ1) is 36.6. The standard InChI is InChI=1S/C61H40N2/c1-5-18-41(19-6-1)43-24-17-25-47(36-43)59-40-58(42-20-7-2-8-21-42)62-60(63-59)54-35-34-50(51-30-15-16-31-52(51)54)46-32-33-53-55-37-44-22-13-14-23-45(44)38-57(55)61(56(53)39-46,48-26-9-3-10-27-48)49-28-11-4-12-29-49/h1-40H. The Bertz CT molecular complexity index is 3450. The maximum Gasteiger partial charge on any atom is 0.161 e. The smallest absolute Gasteiger partial charge is 0.161 e. The second-order valence-electron chi connectivity index (χ2n) is 16.5. The van der Waals surface area contributed by atoms with Crippen molar-refractivity contribution in [3.63, 3.8) is 0 Å². The molecule has 2 heteroatoms. The Balaban J connectivity index is 1.05. The molecule has 0 radical (unpaired) electrons. The number of rotatable bonds is 7. The van der Waals surface area contributed by atoms with Gasteiger partial charge in [-0.2, -0.15) is 0 Å². The van der Waals surface area contributed by atoms with Gasteiger partial charge in [0.15, 0.2) is 5.82 Å². The zero-order valence-corrected chi connectivity index (χ0v) is 34.5. The summed E-state index contributed by atoms with van der Waals surface area (Å²) in [5.74, 6) is 0.697. The third-order valence-corrected chi connectivity index (χ3v) is 13.0. The Hall–Kier alpha value is -8.20. The quantitative estimate of drug-likeness (QED) is 0.160. The lowest BCUT2D eigenvalue weighted by Crippen LogP contribution is -2.28. The summed E-state index contributed by atoms with van der Waals surface area (Å²) >= 11 is 0. The van der Waals surface area contributed by atoms with Crippen molar-refractivity contribution in [2.24, 2.45) is 0 Å². The highest BCUT2D eigenvalue weighted by Crippen LogP contribution is 2.57. The van der Waals surface area contributed by atoms with Crippen LogP contribution in [0.25, 0.3) is 88.8 Å². The third-order valence-electron chi connectivity index (χ3n) is 13.0. The van der Waals surface area contributed by atoms with Crippen molar-refractivity contribution in [2.45, 2.75) is 5.41 Å². The van der Waals surface area contributed by atoms with Crippen molar-refractivity contribution in [1.82, 2.24) is 9.97 Å². The van der Waals surface area contributed by atoms with E-state index < -0.39 is 5.41 Å². The fourth-order valence-corrected chi connectivity index (χ4v) is 10.0. The molecule has 294 valence electrons. The van der Waals surface area contributed by atoms with E-state index in [1.165, 1.54) is 60.8 Å². The number of hydrogen-bond acceptors (Lipinski definition) is 2. The summed E-state index contributed by atoms with van der Waals surface area (Å²) in [5.41, 5.74) is 16.7.